The zero-order valence-corrected chi connectivity index (χ0v) is 14.0. The van der Waals surface area contributed by atoms with Crippen LogP contribution in [0.15, 0.2) is 47.1 Å². The average Bonchev–Trinajstić information content (AvgIpc) is 3.41. The first-order valence-corrected chi connectivity index (χ1v) is 8.87. The fourth-order valence-electron chi connectivity index (χ4n) is 4.92. The van der Waals surface area contributed by atoms with Crippen molar-refractivity contribution in [3.05, 3.63) is 48.4 Å². The van der Waals surface area contributed by atoms with Gasteiger partial charge in [0, 0.05) is 0 Å². The molecule has 132 valence electrons. The smallest absolute Gasteiger partial charge is 0.379 e. The van der Waals surface area contributed by atoms with Crippen molar-refractivity contribution < 1.29 is 23.5 Å². The fourth-order valence-corrected chi connectivity index (χ4v) is 4.92. The number of imide groups is 1. The number of amides is 2. The molecular formula is C20H17NO5. The number of benzene rings is 1. The van der Waals surface area contributed by atoms with Crippen LogP contribution < -0.4 is 9.64 Å². The monoisotopic (exact) mass is 351 g/mol. The van der Waals surface area contributed by atoms with Crippen LogP contribution in [0, 0.1) is 23.7 Å². The zero-order valence-electron chi connectivity index (χ0n) is 14.0. The van der Waals surface area contributed by atoms with Gasteiger partial charge in [0.05, 0.1) is 23.8 Å². The first kappa shape index (κ1) is 15.4. The molecule has 6 heteroatoms. The number of hydrogen-bond donors (Lipinski definition) is 0. The number of fused-ring (bicyclic) bond motifs is 5. The molecule has 1 aromatic carbocycles. The Bertz CT molecular complexity index is 875. The van der Waals surface area contributed by atoms with E-state index < -0.39 is 5.97 Å². The van der Waals surface area contributed by atoms with E-state index in [4.69, 9.17) is 9.15 Å². The summed E-state index contributed by atoms with van der Waals surface area (Å²) in [7, 11) is 0. The summed E-state index contributed by atoms with van der Waals surface area (Å²) >= 11 is 0. The maximum Gasteiger partial charge on any atom is 0.379 e. The Morgan fingerprint density at radius 2 is 1.69 bits per heavy atom. The van der Waals surface area contributed by atoms with Gasteiger partial charge in [0.25, 0.3) is 0 Å². The number of hydrogen-bond acceptors (Lipinski definition) is 5. The van der Waals surface area contributed by atoms with Crippen LogP contribution in [0.5, 0.6) is 5.75 Å². The highest BCUT2D eigenvalue weighted by atomic mass is 16.5. The first-order chi connectivity index (χ1) is 12.6. The lowest BCUT2D eigenvalue weighted by molar-refractivity contribution is -0.123. The number of para-hydroxylation sites is 2. The summed E-state index contributed by atoms with van der Waals surface area (Å²) in [6, 6.07) is 9.74. The summed E-state index contributed by atoms with van der Waals surface area (Å²) in [5.41, 5.74) is 0.330. The second-order valence-corrected chi connectivity index (χ2v) is 7.23. The highest BCUT2D eigenvalue weighted by molar-refractivity contribution is 6.23. The molecule has 4 atom stereocenters. The third-order valence-corrected chi connectivity index (χ3v) is 5.96. The zero-order chi connectivity index (χ0) is 17.8. The Labute approximate surface area is 149 Å². The topological polar surface area (TPSA) is 76.8 Å². The van der Waals surface area contributed by atoms with Gasteiger partial charge in [-0.2, -0.15) is 0 Å². The van der Waals surface area contributed by atoms with Crippen molar-refractivity contribution in [3.8, 4) is 5.75 Å². The highest BCUT2D eigenvalue weighted by Crippen LogP contribution is 2.57. The summed E-state index contributed by atoms with van der Waals surface area (Å²) in [6.45, 7) is 0. The van der Waals surface area contributed by atoms with Gasteiger partial charge in [-0.25, -0.2) is 9.69 Å². The molecule has 0 radical (unpaired) electrons. The van der Waals surface area contributed by atoms with Gasteiger partial charge in [-0.05, 0) is 55.4 Å². The van der Waals surface area contributed by atoms with Gasteiger partial charge < -0.3 is 9.15 Å². The van der Waals surface area contributed by atoms with Crippen LogP contribution in [0.25, 0.3) is 0 Å². The van der Waals surface area contributed by atoms with E-state index in [1.807, 2.05) is 0 Å². The van der Waals surface area contributed by atoms with Crippen LogP contribution >= 0.6 is 0 Å². The van der Waals surface area contributed by atoms with E-state index in [-0.39, 0.29) is 35.2 Å². The standard InChI is InChI=1S/C20H17NO5/c22-18-16-11-7-8-12(10-11)17(16)19(23)21(18)13-4-1-2-5-14(13)26-20(24)15-6-3-9-25-15/h1-6,9,11-12,16-17H,7-8,10H2/t11-,12+,16-,17+. The molecule has 2 amide bonds. The molecule has 2 aromatic rings. The van der Waals surface area contributed by atoms with Gasteiger partial charge in [0.15, 0.2) is 5.75 Å². The summed E-state index contributed by atoms with van der Waals surface area (Å²) in [6.07, 6.45) is 4.41. The van der Waals surface area contributed by atoms with Crippen molar-refractivity contribution >= 4 is 23.5 Å². The predicted octanol–water partition coefficient (Wildman–Crippen LogP) is 3.03. The van der Waals surface area contributed by atoms with Crippen molar-refractivity contribution in [2.75, 3.05) is 4.90 Å². The summed E-state index contributed by atoms with van der Waals surface area (Å²) in [5.74, 6) is -0.542. The predicted molar refractivity (Wildman–Crippen MR) is 90.4 cm³/mol. The van der Waals surface area contributed by atoms with E-state index in [1.165, 1.54) is 17.2 Å². The van der Waals surface area contributed by atoms with E-state index >= 15 is 0 Å². The molecule has 6 nitrogen and oxygen atoms in total. The molecule has 2 saturated carbocycles. The number of furan rings is 1. The third-order valence-electron chi connectivity index (χ3n) is 5.96. The van der Waals surface area contributed by atoms with E-state index in [1.54, 1.807) is 30.3 Å². The van der Waals surface area contributed by atoms with E-state index in [2.05, 4.69) is 0 Å². The molecule has 0 unspecified atom stereocenters. The van der Waals surface area contributed by atoms with Crippen LogP contribution in [0.4, 0.5) is 5.69 Å². The minimum absolute atomic E-state index is 0.0637. The van der Waals surface area contributed by atoms with Crippen molar-refractivity contribution in [3.63, 3.8) is 0 Å². The first-order valence-electron chi connectivity index (χ1n) is 8.87. The molecule has 1 aromatic heterocycles. The molecule has 3 aliphatic rings. The van der Waals surface area contributed by atoms with Gasteiger partial charge in [-0.15, -0.1) is 0 Å². The molecule has 0 spiro atoms. The lowest BCUT2D eigenvalue weighted by Gasteiger charge is -2.19. The Balaban J connectivity index is 1.48. The molecule has 5 rings (SSSR count). The number of carbonyl (C=O) groups excluding carboxylic acids is 3. The summed E-state index contributed by atoms with van der Waals surface area (Å²) in [4.78, 5) is 39.4. The number of anilines is 1. The Hall–Kier alpha value is -2.89. The normalized spacial score (nSPS) is 29.3. The van der Waals surface area contributed by atoms with Gasteiger partial charge in [-0.3, -0.25) is 9.59 Å². The quantitative estimate of drug-likeness (QED) is 0.483. The summed E-state index contributed by atoms with van der Waals surface area (Å²) < 4.78 is 10.5. The van der Waals surface area contributed by atoms with Gasteiger partial charge in [0.1, 0.15) is 0 Å². The van der Waals surface area contributed by atoms with Crippen LogP contribution in [0.1, 0.15) is 29.8 Å². The maximum atomic E-state index is 13.0. The lowest BCUT2D eigenvalue weighted by Crippen LogP contribution is -2.33. The molecular weight excluding hydrogens is 334 g/mol. The van der Waals surface area contributed by atoms with Gasteiger partial charge in [-0.1, -0.05) is 12.1 Å². The molecule has 26 heavy (non-hydrogen) atoms. The Morgan fingerprint density at radius 3 is 2.35 bits per heavy atom. The van der Waals surface area contributed by atoms with E-state index in [0.717, 1.165) is 19.3 Å². The fraction of sp³-hybridized carbons (Fsp3) is 0.350. The minimum atomic E-state index is -0.665. The molecule has 2 heterocycles. The molecule has 1 aliphatic heterocycles. The lowest BCUT2D eigenvalue weighted by atomic mass is 9.81. The highest BCUT2D eigenvalue weighted by Gasteiger charge is 2.61. The third kappa shape index (κ3) is 2.08. The number of nitrogens with zero attached hydrogens (tertiary/aromatic N) is 1. The van der Waals surface area contributed by atoms with Crippen LogP contribution in [0.2, 0.25) is 0 Å². The molecule has 1 saturated heterocycles. The van der Waals surface area contributed by atoms with Crippen LogP contribution in [-0.2, 0) is 9.59 Å². The van der Waals surface area contributed by atoms with Crippen molar-refractivity contribution in [1.29, 1.82) is 0 Å². The van der Waals surface area contributed by atoms with Crippen molar-refractivity contribution in [2.24, 2.45) is 23.7 Å². The number of carbonyl (C=O) groups is 3. The number of ether oxygens (including phenoxy) is 1. The van der Waals surface area contributed by atoms with Crippen LogP contribution in [0.3, 0.4) is 0 Å². The van der Waals surface area contributed by atoms with Crippen molar-refractivity contribution in [1.82, 2.24) is 0 Å². The SMILES string of the molecule is O=C(Oc1ccccc1N1C(=O)[C@@H]2[C@@H]3CC[C@@H](C3)[C@@H]2C1=O)c1ccco1. The average molecular weight is 351 g/mol. The second-order valence-electron chi connectivity index (χ2n) is 7.23. The Morgan fingerprint density at radius 1 is 1.00 bits per heavy atom. The molecule has 0 N–H and O–H groups in total. The van der Waals surface area contributed by atoms with E-state index in [0.29, 0.717) is 17.5 Å². The minimum Gasteiger partial charge on any atom is -0.457 e. The maximum absolute atomic E-state index is 13.0. The van der Waals surface area contributed by atoms with Gasteiger partial charge >= 0.3 is 5.97 Å². The number of esters is 1. The van der Waals surface area contributed by atoms with Crippen molar-refractivity contribution in [2.45, 2.75) is 19.3 Å². The van der Waals surface area contributed by atoms with E-state index in [9.17, 15) is 14.4 Å². The number of rotatable bonds is 3. The second kappa shape index (κ2) is 5.56. The molecule has 3 fully saturated rings. The largest absolute Gasteiger partial charge is 0.457 e. The van der Waals surface area contributed by atoms with Gasteiger partial charge in [0.2, 0.25) is 17.6 Å². The molecule has 2 aliphatic carbocycles. The Kier molecular flexibility index (Phi) is 3.29. The van der Waals surface area contributed by atoms with Crippen LogP contribution in [-0.4, -0.2) is 17.8 Å². The molecule has 2 bridgehead atoms. The summed E-state index contributed by atoms with van der Waals surface area (Å²) in [5, 5.41) is 0.